The van der Waals surface area contributed by atoms with Crippen LogP contribution in [-0.4, -0.2) is 49.0 Å². The fraction of sp³-hybridized carbons (Fsp3) is 0.182. The van der Waals surface area contributed by atoms with Gasteiger partial charge in [-0.15, -0.1) is 0 Å². The van der Waals surface area contributed by atoms with Crippen molar-refractivity contribution in [1.29, 1.82) is 0 Å². The second kappa shape index (κ2) is 8.19. The molecule has 4 aromatic rings. The molecule has 1 aliphatic heterocycles. The third-order valence-electron chi connectivity index (χ3n) is 5.69. The number of anilines is 2. The molecule has 0 bridgehead atoms. The zero-order valence-corrected chi connectivity index (χ0v) is 17.9. The summed E-state index contributed by atoms with van der Waals surface area (Å²) in [7, 11) is -1.52. The van der Waals surface area contributed by atoms with Crippen molar-refractivity contribution in [2.24, 2.45) is 5.73 Å². The number of aryl methyl sites for hydroxylation is 1. The highest BCUT2D eigenvalue weighted by molar-refractivity contribution is 6.58. The molecule has 0 fully saturated rings. The lowest BCUT2D eigenvalue weighted by atomic mass is 9.79. The molecule has 1 aromatic carbocycles. The fourth-order valence-electron chi connectivity index (χ4n) is 4.12. The average molecular weight is 443 g/mol. The smallest absolute Gasteiger partial charge is 0.423 e. The van der Waals surface area contributed by atoms with Crippen molar-refractivity contribution >= 4 is 35.8 Å². The summed E-state index contributed by atoms with van der Waals surface area (Å²) in [5, 5.41) is 25.5. The summed E-state index contributed by atoms with van der Waals surface area (Å²) < 4.78 is 1.78. The maximum atomic E-state index is 11.9. The van der Waals surface area contributed by atoms with Crippen LogP contribution in [0.3, 0.4) is 0 Å². The number of hydrogen-bond acceptors (Lipinski definition) is 8. The van der Waals surface area contributed by atoms with Crippen LogP contribution in [0.2, 0.25) is 0 Å². The number of benzene rings is 1. The van der Waals surface area contributed by atoms with Crippen molar-refractivity contribution < 1.29 is 14.8 Å². The zero-order chi connectivity index (χ0) is 23.1. The minimum Gasteiger partial charge on any atom is -0.423 e. The summed E-state index contributed by atoms with van der Waals surface area (Å²) in [5.74, 6) is 1.36. The molecule has 0 atom stereocenters. The van der Waals surface area contributed by atoms with E-state index in [0.29, 0.717) is 46.2 Å². The molecule has 0 spiro atoms. The first-order valence-corrected chi connectivity index (χ1v) is 10.5. The predicted octanol–water partition coefficient (Wildman–Crippen LogP) is 0.459. The number of amides is 1. The Morgan fingerprint density at radius 3 is 2.88 bits per heavy atom. The average Bonchev–Trinajstić information content (AvgIpc) is 3.40. The Kier molecular flexibility index (Phi) is 5.19. The van der Waals surface area contributed by atoms with Crippen LogP contribution in [-0.2, 0) is 13.0 Å². The Hall–Kier alpha value is -3.96. The Balaban J connectivity index is 1.56. The molecule has 11 heteroatoms. The number of imidazole rings is 1. The predicted molar refractivity (Wildman–Crippen MR) is 125 cm³/mol. The molecule has 1 amide bonds. The van der Waals surface area contributed by atoms with Crippen molar-refractivity contribution in [2.45, 2.75) is 19.9 Å². The van der Waals surface area contributed by atoms with E-state index in [1.807, 2.05) is 13.0 Å². The number of fused-ring (bicyclic) bond motifs is 2. The van der Waals surface area contributed by atoms with Crippen LogP contribution >= 0.6 is 0 Å². The molecule has 0 unspecified atom stereocenters. The van der Waals surface area contributed by atoms with Crippen molar-refractivity contribution in [1.82, 2.24) is 19.4 Å². The highest BCUT2D eigenvalue weighted by atomic mass is 16.4. The normalized spacial score (nSPS) is 12.5. The van der Waals surface area contributed by atoms with Gasteiger partial charge in [0.05, 0.1) is 11.3 Å². The fourth-order valence-corrected chi connectivity index (χ4v) is 4.12. The van der Waals surface area contributed by atoms with Crippen LogP contribution in [0.1, 0.15) is 27.2 Å². The standard InChI is InChI=1S/C22H22BN7O3/c1-12-17(30-9-3-6-15(18(24)31)22(30)27-12)21-28-19-16(7-8-25-19)20(29-21)26-11-13-4-2-5-14(10-13)23(32)33/h2-6,9-10,32-33H,7-8,11H2,1H3,(H2,24,31)(H2,25,26,28,29). The number of nitrogens with two attached hydrogens (primary N) is 1. The van der Waals surface area contributed by atoms with E-state index in [4.69, 9.17) is 15.7 Å². The van der Waals surface area contributed by atoms with E-state index in [1.54, 1.807) is 40.9 Å². The lowest BCUT2D eigenvalue weighted by Gasteiger charge is -2.13. The number of primary amides is 1. The van der Waals surface area contributed by atoms with E-state index in [9.17, 15) is 14.8 Å². The summed E-state index contributed by atoms with van der Waals surface area (Å²) >= 11 is 0. The molecule has 4 heterocycles. The molecule has 5 rings (SSSR count). The van der Waals surface area contributed by atoms with E-state index in [2.05, 4.69) is 15.6 Å². The van der Waals surface area contributed by atoms with Gasteiger partial charge in [-0.05, 0) is 36.5 Å². The molecular weight excluding hydrogens is 421 g/mol. The minimum atomic E-state index is -1.52. The van der Waals surface area contributed by atoms with Crippen LogP contribution in [0.25, 0.3) is 17.2 Å². The van der Waals surface area contributed by atoms with Gasteiger partial charge in [0.2, 0.25) is 0 Å². The molecule has 0 saturated heterocycles. The maximum absolute atomic E-state index is 11.9. The van der Waals surface area contributed by atoms with Gasteiger partial charge in [0.25, 0.3) is 5.91 Å². The van der Waals surface area contributed by atoms with Gasteiger partial charge in [-0.25, -0.2) is 15.0 Å². The summed E-state index contributed by atoms with van der Waals surface area (Å²) in [5.41, 5.74) is 9.97. The van der Waals surface area contributed by atoms with E-state index in [-0.39, 0.29) is 0 Å². The second-order valence-corrected chi connectivity index (χ2v) is 7.90. The Bertz CT molecular complexity index is 1390. The van der Waals surface area contributed by atoms with Gasteiger partial charge in [0, 0.05) is 24.8 Å². The summed E-state index contributed by atoms with van der Waals surface area (Å²) in [6.45, 7) is 3.05. The highest BCUT2D eigenvalue weighted by Crippen LogP contribution is 2.31. The van der Waals surface area contributed by atoms with E-state index < -0.39 is 13.0 Å². The summed E-state index contributed by atoms with van der Waals surface area (Å²) in [4.78, 5) is 25.9. The van der Waals surface area contributed by atoms with Crippen molar-refractivity contribution in [2.75, 3.05) is 17.2 Å². The molecule has 0 saturated carbocycles. The summed E-state index contributed by atoms with van der Waals surface area (Å²) in [6, 6.07) is 10.5. The second-order valence-electron chi connectivity index (χ2n) is 7.90. The number of carbonyl (C=O) groups is 1. The van der Waals surface area contributed by atoms with E-state index in [0.717, 1.165) is 29.9 Å². The van der Waals surface area contributed by atoms with Gasteiger partial charge in [-0.1, -0.05) is 24.3 Å². The van der Waals surface area contributed by atoms with Gasteiger partial charge < -0.3 is 26.4 Å². The topological polar surface area (TPSA) is 151 Å². The van der Waals surface area contributed by atoms with E-state index in [1.165, 1.54) is 0 Å². The van der Waals surface area contributed by atoms with Crippen LogP contribution in [0.15, 0.2) is 42.6 Å². The first-order chi connectivity index (χ1) is 15.9. The molecular formula is C22H22BN7O3. The third kappa shape index (κ3) is 3.77. The van der Waals surface area contributed by atoms with Crippen molar-refractivity contribution in [3.05, 3.63) is 65.0 Å². The Morgan fingerprint density at radius 1 is 1.24 bits per heavy atom. The molecule has 10 nitrogen and oxygen atoms in total. The summed E-state index contributed by atoms with van der Waals surface area (Å²) in [6.07, 6.45) is 2.59. The monoisotopic (exact) mass is 443 g/mol. The first-order valence-electron chi connectivity index (χ1n) is 10.5. The molecule has 33 heavy (non-hydrogen) atoms. The van der Waals surface area contributed by atoms with Gasteiger partial charge in [0.15, 0.2) is 5.82 Å². The quantitative estimate of drug-likeness (QED) is 0.270. The highest BCUT2D eigenvalue weighted by Gasteiger charge is 2.23. The van der Waals surface area contributed by atoms with Crippen LogP contribution in [0.5, 0.6) is 0 Å². The van der Waals surface area contributed by atoms with Gasteiger partial charge in [0.1, 0.15) is 23.0 Å². The largest absolute Gasteiger partial charge is 0.488 e. The zero-order valence-electron chi connectivity index (χ0n) is 17.9. The van der Waals surface area contributed by atoms with Gasteiger partial charge >= 0.3 is 7.12 Å². The first kappa shape index (κ1) is 20.9. The number of pyridine rings is 1. The van der Waals surface area contributed by atoms with Crippen LogP contribution in [0.4, 0.5) is 11.6 Å². The van der Waals surface area contributed by atoms with E-state index >= 15 is 0 Å². The molecule has 166 valence electrons. The lowest BCUT2D eigenvalue weighted by molar-refractivity contribution is 0.100. The van der Waals surface area contributed by atoms with Crippen molar-refractivity contribution in [3.8, 4) is 11.5 Å². The number of carbonyl (C=O) groups excluding carboxylic acids is 1. The molecule has 3 aromatic heterocycles. The molecule has 1 aliphatic rings. The Labute approximate surface area is 189 Å². The minimum absolute atomic E-state index is 0.329. The van der Waals surface area contributed by atoms with Gasteiger partial charge in [-0.3, -0.25) is 9.20 Å². The lowest BCUT2D eigenvalue weighted by Crippen LogP contribution is -2.30. The SMILES string of the molecule is Cc1nc2c(C(N)=O)cccn2c1-c1nc2c(c(NCc3cccc(B(O)O)c3)n1)CCN2. The van der Waals surface area contributed by atoms with Crippen molar-refractivity contribution in [3.63, 3.8) is 0 Å². The molecule has 0 radical (unpaired) electrons. The van der Waals surface area contributed by atoms with Crippen LogP contribution in [0, 0.1) is 6.92 Å². The molecule has 6 N–H and O–H groups in total. The number of nitrogens with one attached hydrogen (secondary N) is 2. The van der Waals surface area contributed by atoms with Crippen LogP contribution < -0.4 is 21.8 Å². The number of nitrogens with zero attached hydrogens (tertiary/aromatic N) is 4. The number of hydrogen-bond donors (Lipinski definition) is 5. The molecule has 0 aliphatic carbocycles. The Morgan fingerprint density at radius 2 is 2.09 bits per heavy atom. The third-order valence-corrected chi connectivity index (χ3v) is 5.69. The number of rotatable bonds is 6. The number of aromatic nitrogens is 4. The maximum Gasteiger partial charge on any atom is 0.488 e. The van der Waals surface area contributed by atoms with Gasteiger partial charge in [-0.2, -0.15) is 0 Å².